The Kier molecular flexibility index (Phi) is 7.96. The molecule has 0 aliphatic rings. The molecule has 0 saturated carbocycles. The fourth-order valence-corrected chi connectivity index (χ4v) is 3.99. The number of rotatable bonds is 8. The molecule has 0 bridgehead atoms. The molecule has 1 amide bonds. The van der Waals surface area contributed by atoms with Gasteiger partial charge in [0.2, 0.25) is 0 Å². The van der Waals surface area contributed by atoms with E-state index in [9.17, 15) is 19.7 Å². The van der Waals surface area contributed by atoms with Gasteiger partial charge in [0.1, 0.15) is 5.82 Å². The zero-order valence-corrected chi connectivity index (χ0v) is 22.4. The van der Waals surface area contributed by atoms with Crippen molar-refractivity contribution in [3.63, 3.8) is 0 Å². The molecule has 194 valence electrons. The van der Waals surface area contributed by atoms with Crippen LogP contribution >= 0.6 is 15.9 Å². The van der Waals surface area contributed by atoms with E-state index in [1.807, 2.05) is 32.9 Å². The van der Waals surface area contributed by atoms with Crippen molar-refractivity contribution >= 4 is 50.3 Å². The summed E-state index contributed by atoms with van der Waals surface area (Å²) < 4.78 is 7.37. The number of nitrogens with zero attached hydrogens (tertiary/aromatic N) is 4. The molecule has 0 aliphatic carbocycles. The molecule has 0 aliphatic heterocycles. The highest BCUT2D eigenvalue weighted by Crippen LogP contribution is 2.28. The SMILES string of the molecule is Cc1ccc(NC(=O)COc2ccc(C=Nn3c(C(C)C)nc4ccc(Br)cc4c3=O)cc2[N+](=O)[O-])cc1. The Labute approximate surface area is 226 Å². The first-order chi connectivity index (χ1) is 18.1. The summed E-state index contributed by atoms with van der Waals surface area (Å²) in [5, 5.41) is 19.1. The van der Waals surface area contributed by atoms with Crippen LogP contribution in [0.5, 0.6) is 5.75 Å². The number of nitro benzene ring substituents is 1. The third-order valence-corrected chi connectivity index (χ3v) is 6.04. The number of fused-ring (bicyclic) bond motifs is 1. The summed E-state index contributed by atoms with van der Waals surface area (Å²) in [5.74, 6) is -0.174. The highest BCUT2D eigenvalue weighted by molar-refractivity contribution is 9.10. The molecule has 0 saturated heterocycles. The van der Waals surface area contributed by atoms with Gasteiger partial charge < -0.3 is 10.1 Å². The second-order valence-electron chi connectivity index (χ2n) is 8.83. The number of benzene rings is 3. The molecule has 0 atom stereocenters. The molecule has 1 N–H and O–H groups in total. The first-order valence-electron chi connectivity index (χ1n) is 11.7. The molecule has 0 unspecified atom stereocenters. The smallest absolute Gasteiger partial charge is 0.311 e. The van der Waals surface area contributed by atoms with E-state index >= 15 is 0 Å². The van der Waals surface area contributed by atoms with Crippen LogP contribution in [0.1, 0.15) is 36.7 Å². The van der Waals surface area contributed by atoms with Gasteiger partial charge in [0.25, 0.3) is 11.5 Å². The molecule has 0 fully saturated rings. The van der Waals surface area contributed by atoms with E-state index in [1.165, 1.54) is 23.0 Å². The Hall–Kier alpha value is -4.38. The van der Waals surface area contributed by atoms with Crippen molar-refractivity contribution < 1.29 is 14.5 Å². The van der Waals surface area contributed by atoms with Crippen LogP contribution in [0.2, 0.25) is 0 Å². The molecule has 0 spiro atoms. The highest BCUT2D eigenvalue weighted by Gasteiger charge is 2.18. The molecule has 10 nitrogen and oxygen atoms in total. The number of carbonyl (C=O) groups excluding carboxylic acids is 1. The van der Waals surface area contributed by atoms with E-state index in [-0.39, 0.29) is 22.9 Å². The number of carbonyl (C=O) groups is 1. The number of aryl methyl sites for hydroxylation is 1. The van der Waals surface area contributed by atoms with Gasteiger partial charge in [-0.15, -0.1) is 0 Å². The van der Waals surface area contributed by atoms with Gasteiger partial charge in [-0.3, -0.25) is 19.7 Å². The first kappa shape index (κ1) is 26.7. The predicted molar refractivity (Wildman–Crippen MR) is 149 cm³/mol. The van der Waals surface area contributed by atoms with Crippen molar-refractivity contribution in [2.24, 2.45) is 5.10 Å². The molecular weight excluding hydrogens is 554 g/mol. The van der Waals surface area contributed by atoms with Gasteiger partial charge in [0, 0.05) is 27.7 Å². The summed E-state index contributed by atoms with van der Waals surface area (Å²) in [4.78, 5) is 41.1. The second kappa shape index (κ2) is 11.3. The summed E-state index contributed by atoms with van der Waals surface area (Å²) in [6.45, 7) is 5.31. The Bertz CT molecular complexity index is 1610. The third kappa shape index (κ3) is 6.12. The van der Waals surface area contributed by atoms with Crippen LogP contribution in [-0.2, 0) is 4.79 Å². The minimum Gasteiger partial charge on any atom is -0.477 e. The number of aromatic nitrogens is 2. The van der Waals surface area contributed by atoms with Crippen LogP contribution in [0.25, 0.3) is 10.9 Å². The lowest BCUT2D eigenvalue weighted by molar-refractivity contribution is -0.385. The Morgan fingerprint density at radius 1 is 1.18 bits per heavy atom. The number of nitrogens with one attached hydrogen (secondary N) is 1. The van der Waals surface area contributed by atoms with E-state index in [0.29, 0.717) is 28.0 Å². The van der Waals surface area contributed by atoms with E-state index < -0.39 is 17.4 Å². The molecule has 1 heterocycles. The summed E-state index contributed by atoms with van der Waals surface area (Å²) >= 11 is 3.37. The van der Waals surface area contributed by atoms with E-state index in [2.05, 4.69) is 31.3 Å². The number of amides is 1. The van der Waals surface area contributed by atoms with Crippen molar-refractivity contribution in [1.82, 2.24) is 9.66 Å². The summed E-state index contributed by atoms with van der Waals surface area (Å²) in [7, 11) is 0. The Morgan fingerprint density at radius 2 is 1.92 bits per heavy atom. The maximum absolute atomic E-state index is 13.2. The van der Waals surface area contributed by atoms with Crippen molar-refractivity contribution in [3.8, 4) is 5.75 Å². The van der Waals surface area contributed by atoms with E-state index in [1.54, 1.807) is 36.4 Å². The molecule has 38 heavy (non-hydrogen) atoms. The molecule has 11 heteroatoms. The number of hydrogen-bond acceptors (Lipinski definition) is 7. The van der Waals surface area contributed by atoms with Crippen LogP contribution < -0.4 is 15.6 Å². The highest BCUT2D eigenvalue weighted by atomic mass is 79.9. The van der Waals surface area contributed by atoms with Gasteiger partial charge in [-0.2, -0.15) is 9.78 Å². The number of halogens is 1. The summed E-state index contributed by atoms with van der Waals surface area (Å²) in [6, 6.07) is 16.7. The predicted octanol–water partition coefficient (Wildman–Crippen LogP) is 5.40. The average molecular weight is 578 g/mol. The van der Waals surface area contributed by atoms with Gasteiger partial charge >= 0.3 is 5.69 Å². The maximum Gasteiger partial charge on any atom is 0.311 e. The molecule has 3 aromatic carbocycles. The number of ether oxygens (including phenoxy) is 1. The minimum atomic E-state index is -0.606. The Morgan fingerprint density at radius 3 is 2.61 bits per heavy atom. The fourth-order valence-electron chi connectivity index (χ4n) is 3.63. The molecule has 1 aromatic heterocycles. The topological polar surface area (TPSA) is 129 Å². The molecule has 0 radical (unpaired) electrons. The van der Waals surface area contributed by atoms with Gasteiger partial charge in [0.15, 0.2) is 12.4 Å². The molecule has 4 rings (SSSR count). The molecule has 4 aromatic rings. The fraction of sp³-hybridized carbons (Fsp3) is 0.185. The van der Waals surface area contributed by atoms with E-state index in [4.69, 9.17) is 4.74 Å². The lowest BCUT2D eigenvalue weighted by Crippen LogP contribution is -2.23. The van der Waals surface area contributed by atoms with E-state index in [0.717, 1.165) is 10.0 Å². The van der Waals surface area contributed by atoms with Crippen molar-refractivity contribution in [3.05, 3.63) is 103 Å². The number of hydrogen-bond donors (Lipinski definition) is 1. The first-order valence-corrected chi connectivity index (χ1v) is 12.5. The number of nitro groups is 1. The van der Waals surface area contributed by atoms with Crippen molar-refractivity contribution in [2.75, 3.05) is 11.9 Å². The van der Waals surface area contributed by atoms with Gasteiger partial charge in [-0.1, -0.05) is 47.5 Å². The monoisotopic (exact) mass is 577 g/mol. The van der Waals surface area contributed by atoms with Crippen LogP contribution in [0.15, 0.2) is 75.0 Å². The largest absolute Gasteiger partial charge is 0.477 e. The van der Waals surface area contributed by atoms with Gasteiger partial charge in [-0.05, 0) is 49.4 Å². The summed E-state index contributed by atoms with van der Waals surface area (Å²) in [5.41, 5.74) is 1.87. The Balaban J connectivity index is 1.58. The third-order valence-electron chi connectivity index (χ3n) is 5.55. The number of anilines is 1. The lowest BCUT2D eigenvalue weighted by atomic mass is 10.2. The van der Waals surface area contributed by atoms with Crippen LogP contribution in [0, 0.1) is 17.0 Å². The van der Waals surface area contributed by atoms with Crippen LogP contribution in [0.3, 0.4) is 0 Å². The summed E-state index contributed by atoms with van der Waals surface area (Å²) in [6.07, 6.45) is 1.35. The molecular formula is C27H24BrN5O5. The maximum atomic E-state index is 13.2. The zero-order chi connectivity index (χ0) is 27.4. The zero-order valence-electron chi connectivity index (χ0n) is 20.8. The van der Waals surface area contributed by atoms with Crippen LogP contribution in [0.4, 0.5) is 11.4 Å². The lowest BCUT2D eigenvalue weighted by Gasteiger charge is -2.12. The minimum absolute atomic E-state index is 0.0662. The normalized spacial score (nSPS) is 11.3. The van der Waals surface area contributed by atoms with Gasteiger partial charge in [0.05, 0.1) is 22.0 Å². The van der Waals surface area contributed by atoms with Crippen molar-refractivity contribution in [1.29, 1.82) is 0 Å². The second-order valence-corrected chi connectivity index (χ2v) is 9.75. The quantitative estimate of drug-likeness (QED) is 0.169. The van der Waals surface area contributed by atoms with Crippen molar-refractivity contribution in [2.45, 2.75) is 26.7 Å². The van der Waals surface area contributed by atoms with Gasteiger partial charge in [-0.25, -0.2) is 4.98 Å². The van der Waals surface area contributed by atoms with Crippen LogP contribution in [-0.4, -0.2) is 33.3 Å². The standard InChI is InChI=1S/C27H24BrN5O5/c1-16(2)26-31-22-10-7-19(28)13-21(22)27(35)32(26)29-14-18-6-11-24(23(12-18)33(36)37)38-15-25(34)30-20-8-4-17(3)5-9-20/h4-14,16H,15H2,1-3H3,(H,30,34). The average Bonchev–Trinajstić information content (AvgIpc) is 2.88.